The van der Waals surface area contributed by atoms with E-state index >= 15 is 0 Å². The first-order chi connectivity index (χ1) is 9.56. The van der Waals surface area contributed by atoms with Crippen molar-refractivity contribution in [3.63, 3.8) is 0 Å². The molecule has 1 heterocycles. The third kappa shape index (κ3) is 2.05. The van der Waals surface area contributed by atoms with Gasteiger partial charge in [-0.25, -0.2) is 13.2 Å². The molecule has 5 heteroatoms. The van der Waals surface area contributed by atoms with Gasteiger partial charge in [0, 0.05) is 18.1 Å². The molecule has 3 rings (SSSR count). The van der Waals surface area contributed by atoms with Crippen LogP contribution in [0.3, 0.4) is 0 Å². The van der Waals surface area contributed by atoms with Crippen molar-refractivity contribution in [1.82, 2.24) is 0 Å². The van der Waals surface area contributed by atoms with Gasteiger partial charge in [0.15, 0.2) is 17.4 Å². The standard InChI is InChI=1S/C15H9F3O2/c16-11-7-13(18)12(17)6-10(11)15(19)9-1-2-14-8(5-9)3-4-20-14/h1-2,5-7H,3-4H2. The van der Waals surface area contributed by atoms with Crippen LogP contribution in [0.1, 0.15) is 21.5 Å². The van der Waals surface area contributed by atoms with E-state index in [1.807, 2.05) is 0 Å². The summed E-state index contributed by atoms with van der Waals surface area (Å²) in [5.41, 5.74) is 0.584. The minimum Gasteiger partial charge on any atom is -0.493 e. The lowest BCUT2D eigenvalue weighted by atomic mass is 10.00. The number of ether oxygens (including phenoxy) is 1. The smallest absolute Gasteiger partial charge is 0.196 e. The average Bonchev–Trinajstić information content (AvgIpc) is 2.89. The second-order valence-corrected chi connectivity index (χ2v) is 4.50. The van der Waals surface area contributed by atoms with Gasteiger partial charge in [-0.1, -0.05) is 0 Å². The molecule has 0 bridgehead atoms. The van der Waals surface area contributed by atoms with Crippen LogP contribution in [0.15, 0.2) is 30.3 Å². The fraction of sp³-hybridized carbons (Fsp3) is 0.133. The van der Waals surface area contributed by atoms with Gasteiger partial charge in [-0.05, 0) is 29.8 Å². The van der Waals surface area contributed by atoms with Crippen LogP contribution in [-0.4, -0.2) is 12.4 Å². The largest absolute Gasteiger partial charge is 0.493 e. The number of ketones is 1. The van der Waals surface area contributed by atoms with Crippen LogP contribution in [0, 0.1) is 17.5 Å². The molecule has 0 unspecified atom stereocenters. The summed E-state index contributed by atoms with van der Waals surface area (Å²) in [6, 6.07) is 5.64. The van der Waals surface area contributed by atoms with Gasteiger partial charge >= 0.3 is 0 Å². The predicted octanol–water partition coefficient (Wildman–Crippen LogP) is 3.27. The Morgan fingerprint density at radius 1 is 1.00 bits per heavy atom. The summed E-state index contributed by atoms with van der Waals surface area (Å²) in [5, 5.41) is 0. The van der Waals surface area contributed by atoms with E-state index in [4.69, 9.17) is 4.74 Å². The molecule has 0 atom stereocenters. The zero-order valence-corrected chi connectivity index (χ0v) is 10.3. The van der Waals surface area contributed by atoms with Crippen molar-refractivity contribution in [3.05, 3.63) is 64.5 Å². The summed E-state index contributed by atoms with van der Waals surface area (Å²) in [6.07, 6.45) is 0.663. The van der Waals surface area contributed by atoms with Crippen LogP contribution in [0.5, 0.6) is 5.75 Å². The number of benzene rings is 2. The first-order valence-electron chi connectivity index (χ1n) is 6.01. The Hall–Kier alpha value is -2.30. The van der Waals surface area contributed by atoms with Crippen molar-refractivity contribution in [2.45, 2.75) is 6.42 Å². The fourth-order valence-electron chi connectivity index (χ4n) is 2.18. The Labute approximate surface area is 112 Å². The summed E-state index contributed by atoms with van der Waals surface area (Å²) >= 11 is 0. The lowest BCUT2D eigenvalue weighted by molar-refractivity contribution is 0.103. The van der Waals surface area contributed by atoms with Gasteiger partial charge in [0.1, 0.15) is 11.6 Å². The molecule has 0 saturated heterocycles. The number of carbonyl (C=O) groups excluding carboxylic acids is 1. The first-order valence-corrected chi connectivity index (χ1v) is 6.01. The van der Waals surface area contributed by atoms with E-state index in [-0.39, 0.29) is 5.56 Å². The van der Waals surface area contributed by atoms with Crippen LogP contribution in [-0.2, 0) is 6.42 Å². The zero-order chi connectivity index (χ0) is 14.3. The van der Waals surface area contributed by atoms with Crippen molar-refractivity contribution >= 4 is 5.78 Å². The van der Waals surface area contributed by atoms with Gasteiger partial charge in [-0.15, -0.1) is 0 Å². The molecule has 102 valence electrons. The molecule has 0 fully saturated rings. The van der Waals surface area contributed by atoms with E-state index in [9.17, 15) is 18.0 Å². The van der Waals surface area contributed by atoms with Crippen molar-refractivity contribution < 1.29 is 22.7 Å². The van der Waals surface area contributed by atoms with Crippen LogP contribution >= 0.6 is 0 Å². The summed E-state index contributed by atoms with van der Waals surface area (Å²) in [4.78, 5) is 12.2. The number of hydrogen-bond acceptors (Lipinski definition) is 2. The topological polar surface area (TPSA) is 26.3 Å². The molecule has 0 amide bonds. The molecule has 1 aliphatic rings. The van der Waals surface area contributed by atoms with E-state index < -0.39 is 28.8 Å². The summed E-state index contributed by atoms with van der Waals surface area (Å²) in [7, 11) is 0. The van der Waals surface area contributed by atoms with Crippen LogP contribution in [0.2, 0.25) is 0 Å². The van der Waals surface area contributed by atoms with Gasteiger partial charge in [-0.2, -0.15) is 0 Å². The second kappa shape index (κ2) is 4.67. The molecule has 0 spiro atoms. The Kier molecular flexibility index (Phi) is 2.97. The fourth-order valence-corrected chi connectivity index (χ4v) is 2.18. The number of carbonyl (C=O) groups is 1. The van der Waals surface area contributed by atoms with Crippen molar-refractivity contribution in [3.8, 4) is 5.75 Å². The van der Waals surface area contributed by atoms with E-state index in [1.165, 1.54) is 6.07 Å². The van der Waals surface area contributed by atoms with Gasteiger partial charge < -0.3 is 4.74 Å². The minimum absolute atomic E-state index is 0.221. The molecular weight excluding hydrogens is 269 g/mol. The predicted molar refractivity (Wildman–Crippen MR) is 65.4 cm³/mol. The molecule has 2 nitrogen and oxygen atoms in total. The maximum absolute atomic E-state index is 13.6. The van der Waals surface area contributed by atoms with Gasteiger partial charge in [0.2, 0.25) is 0 Å². The van der Waals surface area contributed by atoms with Crippen LogP contribution in [0.4, 0.5) is 13.2 Å². The quantitative estimate of drug-likeness (QED) is 0.622. The van der Waals surface area contributed by atoms with E-state index in [1.54, 1.807) is 12.1 Å². The molecule has 0 saturated carbocycles. The lowest BCUT2D eigenvalue weighted by Crippen LogP contribution is -2.06. The molecule has 0 N–H and O–H groups in total. The number of halogens is 3. The van der Waals surface area contributed by atoms with Gasteiger partial charge in [-0.3, -0.25) is 4.79 Å². The molecule has 2 aromatic carbocycles. The highest BCUT2D eigenvalue weighted by atomic mass is 19.2. The Bertz CT molecular complexity index is 711. The number of rotatable bonds is 2. The maximum Gasteiger partial charge on any atom is 0.196 e. The third-order valence-electron chi connectivity index (χ3n) is 3.21. The first kappa shape index (κ1) is 12.7. The Morgan fingerprint density at radius 2 is 1.75 bits per heavy atom. The zero-order valence-electron chi connectivity index (χ0n) is 10.3. The Morgan fingerprint density at radius 3 is 2.55 bits per heavy atom. The number of fused-ring (bicyclic) bond motifs is 1. The van der Waals surface area contributed by atoms with Crippen LogP contribution in [0.25, 0.3) is 0 Å². The lowest BCUT2D eigenvalue weighted by Gasteiger charge is -2.05. The minimum atomic E-state index is -1.32. The number of hydrogen-bond donors (Lipinski definition) is 0. The van der Waals surface area contributed by atoms with E-state index in [0.29, 0.717) is 30.9 Å². The van der Waals surface area contributed by atoms with Crippen molar-refractivity contribution in [1.29, 1.82) is 0 Å². The van der Waals surface area contributed by atoms with Crippen LogP contribution < -0.4 is 4.74 Å². The molecule has 0 aromatic heterocycles. The summed E-state index contributed by atoms with van der Waals surface area (Å²) < 4.78 is 44.9. The molecular formula is C15H9F3O2. The summed E-state index contributed by atoms with van der Waals surface area (Å²) in [6.45, 7) is 0.534. The van der Waals surface area contributed by atoms with Gasteiger partial charge in [0.05, 0.1) is 12.2 Å². The molecule has 2 aromatic rings. The molecule has 1 aliphatic heterocycles. The second-order valence-electron chi connectivity index (χ2n) is 4.50. The highest BCUT2D eigenvalue weighted by Gasteiger charge is 2.20. The molecule has 0 aliphatic carbocycles. The SMILES string of the molecule is O=C(c1ccc2c(c1)CCO2)c1cc(F)c(F)cc1F. The molecule has 20 heavy (non-hydrogen) atoms. The monoisotopic (exact) mass is 278 g/mol. The highest BCUT2D eigenvalue weighted by molar-refractivity contribution is 6.09. The summed E-state index contributed by atoms with van der Waals surface area (Å²) in [5.74, 6) is -3.64. The third-order valence-corrected chi connectivity index (χ3v) is 3.21. The van der Waals surface area contributed by atoms with Crippen molar-refractivity contribution in [2.75, 3.05) is 6.61 Å². The van der Waals surface area contributed by atoms with Crippen molar-refractivity contribution in [2.24, 2.45) is 0 Å². The molecule has 0 radical (unpaired) electrons. The average molecular weight is 278 g/mol. The Balaban J connectivity index is 2.03. The normalized spacial score (nSPS) is 12.9. The van der Waals surface area contributed by atoms with Gasteiger partial charge in [0.25, 0.3) is 0 Å². The van der Waals surface area contributed by atoms with E-state index in [0.717, 1.165) is 5.56 Å². The highest BCUT2D eigenvalue weighted by Crippen LogP contribution is 2.27. The van der Waals surface area contributed by atoms with E-state index in [2.05, 4.69) is 0 Å². The maximum atomic E-state index is 13.6.